The standard InChI is InChI=1S/C29H33Cl2FN4O3/c1-16(37)35-8-10-36(11-9-35)26(38)25-24(17-6-5-7-18(30)12-17)29(23(34-25)15-28(2,3)4)19-13-21(32)20(31)14-22(19)33-27(29)39/h5-7,12-14,23-25,34H,8-11,15H2,1-4H3,(H,33,39). The number of carbonyl (C=O) groups excluding carboxylic acids is 3. The van der Waals surface area contributed by atoms with Gasteiger partial charge in [-0.25, -0.2) is 4.39 Å². The van der Waals surface area contributed by atoms with Crippen molar-refractivity contribution in [2.24, 2.45) is 5.41 Å². The Hall–Kier alpha value is -2.68. The zero-order valence-corrected chi connectivity index (χ0v) is 24.0. The Morgan fingerprint density at radius 3 is 2.36 bits per heavy atom. The van der Waals surface area contributed by atoms with Gasteiger partial charge in [-0.15, -0.1) is 0 Å². The highest BCUT2D eigenvalue weighted by Crippen LogP contribution is 2.57. The molecule has 2 saturated heterocycles. The number of fused-ring (bicyclic) bond motifs is 2. The molecule has 0 aromatic heterocycles. The molecule has 39 heavy (non-hydrogen) atoms. The number of hydrogen-bond acceptors (Lipinski definition) is 4. The van der Waals surface area contributed by atoms with Crippen molar-refractivity contribution in [3.63, 3.8) is 0 Å². The summed E-state index contributed by atoms with van der Waals surface area (Å²) in [5, 5.41) is 6.90. The number of benzene rings is 2. The molecule has 208 valence electrons. The first-order valence-corrected chi connectivity index (χ1v) is 14.0. The van der Waals surface area contributed by atoms with Crippen molar-refractivity contribution in [2.45, 2.75) is 57.5 Å². The average Bonchev–Trinajstić information content (AvgIpc) is 3.33. The lowest BCUT2D eigenvalue weighted by molar-refractivity contribution is -0.140. The second kappa shape index (κ2) is 10.1. The summed E-state index contributed by atoms with van der Waals surface area (Å²) in [4.78, 5) is 43.8. The molecule has 3 aliphatic rings. The van der Waals surface area contributed by atoms with E-state index in [0.29, 0.717) is 54.4 Å². The van der Waals surface area contributed by atoms with Crippen LogP contribution in [0.25, 0.3) is 0 Å². The maximum Gasteiger partial charge on any atom is 0.240 e. The molecule has 2 N–H and O–H groups in total. The second-order valence-electron chi connectivity index (χ2n) is 12.0. The fourth-order valence-electron chi connectivity index (χ4n) is 6.56. The molecule has 3 amide bonds. The van der Waals surface area contributed by atoms with Gasteiger partial charge >= 0.3 is 0 Å². The van der Waals surface area contributed by atoms with E-state index in [1.165, 1.54) is 19.1 Å². The van der Waals surface area contributed by atoms with E-state index < -0.39 is 29.2 Å². The third kappa shape index (κ3) is 4.81. The van der Waals surface area contributed by atoms with E-state index in [4.69, 9.17) is 23.2 Å². The summed E-state index contributed by atoms with van der Waals surface area (Å²) in [5.41, 5.74) is 0.133. The number of rotatable bonds is 3. The topological polar surface area (TPSA) is 81.8 Å². The van der Waals surface area contributed by atoms with Gasteiger partial charge in [0.15, 0.2) is 0 Å². The summed E-state index contributed by atoms with van der Waals surface area (Å²) in [5.74, 6) is -1.79. The first-order valence-electron chi connectivity index (χ1n) is 13.2. The fraction of sp³-hybridized carbons (Fsp3) is 0.483. The van der Waals surface area contributed by atoms with Gasteiger partial charge in [-0.2, -0.15) is 0 Å². The third-order valence-corrected chi connectivity index (χ3v) is 8.74. The summed E-state index contributed by atoms with van der Waals surface area (Å²) >= 11 is 12.6. The minimum absolute atomic E-state index is 0.0259. The Kier molecular flexibility index (Phi) is 7.19. The number of halogens is 3. The highest BCUT2D eigenvalue weighted by Gasteiger charge is 2.66. The van der Waals surface area contributed by atoms with Gasteiger partial charge in [-0.05, 0) is 47.2 Å². The molecule has 5 rings (SSSR count). The Morgan fingerprint density at radius 1 is 1.08 bits per heavy atom. The number of nitrogens with zero attached hydrogens (tertiary/aromatic N) is 2. The maximum atomic E-state index is 15.0. The van der Waals surface area contributed by atoms with Crippen LogP contribution in [0.3, 0.4) is 0 Å². The van der Waals surface area contributed by atoms with Crippen LogP contribution in [0.5, 0.6) is 0 Å². The van der Waals surface area contributed by atoms with Crippen LogP contribution in [0.2, 0.25) is 10.0 Å². The number of nitrogens with one attached hydrogen (secondary N) is 2. The van der Waals surface area contributed by atoms with E-state index in [1.807, 2.05) is 6.07 Å². The van der Waals surface area contributed by atoms with Crippen LogP contribution >= 0.6 is 23.2 Å². The Balaban J connectivity index is 1.67. The largest absolute Gasteiger partial charge is 0.339 e. The smallest absolute Gasteiger partial charge is 0.240 e. The molecule has 1 spiro atoms. The van der Waals surface area contributed by atoms with Gasteiger partial charge in [-0.1, -0.05) is 56.1 Å². The van der Waals surface area contributed by atoms with Crippen LogP contribution in [0, 0.1) is 11.2 Å². The molecule has 0 saturated carbocycles. The summed E-state index contributed by atoms with van der Waals surface area (Å²) < 4.78 is 15.0. The molecule has 4 unspecified atom stereocenters. The Labute approximate surface area is 238 Å². The molecule has 0 radical (unpaired) electrons. The number of hydrogen-bond donors (Lipinski definition) is 2. The van der Waals surface area contributed by atoms with Crippen LogP contribution in [-0.4, -0.2) is 65.8 Å². The maximum absolute atomic E-state index is 15.0. The van der Waals surface area contributed by atoms with Gasteiger partial charge in [0, 0.05) is 55.8 Å². The lowest BCUT2D eigenvalue weighted by Gasteiger charge is -2.39. The summed E-state index contributed by atoms with van der Waals surface area (Å²) in [6.45, 7) is 9.41. The van der Waals surface area contributed by atoms with Gasteiger partial charge in [0.1, 0.15) is 11.2 Å². The van der Waals surface area contributed by atoms with E-state index in [2.05, 4.69) is 31.4 Å². The summed E-state index contributed by atoms with van der Waals surface area (Å²) in [6.07, 6.45) is 0.545. The predicted octanol–water partition coefficient (Wildman–Crippen LogP) is 4.57. The molecule has 10 heteroatoms. The van der Waals surface area contributed by atoms with Gasteiger partial charge in [0.05, 0.1) is 11.1 Å². The quantitative estimate of drug-likeness (QED) is 0.562. The lowest BCUT2D eigenvalue weighted by Crippen LogP contribution is -2.55. The second-order valence-corrected chi connectivity index (χ2v) is 12.8. The van der Waals surface area contributed by atoms with E-state index >= 15 is 4.39 Å². The monoisotopic (exact) mass is 574 g/mol. The van der Waals surface area contributed by atoms with E-state index in [9.17, 15) is 14.4 Å². The van der Waals surface area contributed by atoms with Crippen LogP contribution in [0.15, 0.2) is 36.4 Å². The molecule has 2 aromatic carbocycles. The van der Waals surface area contributed by atoms with Crippen molar-refractivity contribution in [1.29, 1.82) is 0 Å². The minimum Gasteiger partial charge on any atom is -0.339 e. The normalized spacial score (nSPS) is 26.6. The molecule has 3 aliphatic heterocycles. The van der Waals surface area contributed by atoms with Gasteiger partial charge in [0.2, 0.25) is 17.7 Å². The van der Waals surface area contributed by atoms with Crippen molar-refractivity contribution >= 4 is 46.6 Å². The summed E-state index contributed by atoms with van der Waals surface area (Å²) in [6, 6.07) is 8.69. The van der Waals surface area contributed by atoms with E-state index in [1.54, 1.807) is 28.0 Å². The molecule has 4 atom stereocenters. The van der Waals surface area contributed by atoms with Crippen LogP contribution < -0.4 is 10.6 Å². The van der Waals surface area contributed by atoms with Crippen molar-refractivity contribution in [3.8, 4) is 0 Å². The predicted molar refractivity (Wildman–Crippen MR) is 150 cm³/mol. The molecule has 0 aliphatic carbocycles. The minimum atomic E-state index is -1.29. The average molecular weight is 576 g/mol. The molecule has 2 fully saturated rings. The molecule has 2 aromatic rings. The van der Waals surface area contributed by atoms with Crippen molar-refractivity contribution < 1.29 is 18.8 Å². The molecule has 7 nitrogen and oxygen atoms in total. The zero-order chi connectivity index (χ0) is 28.3. The van der Waals surface area contributed by atoms with E-state index in [0.717, 1.165) is 0 Å². The third-order valence-electron chi connectivity index (χ3n) is 8.21. The molecule has 3 heterocycles. The molecular formula is C29H33Cl2FN4O3. The number of amides is 3. The zero-order valence-electron chi connectivity index (χ0n) is 22.5. The fourth-order valence-corrected chi connectivity index (χ4v) is 6.92. The number of anilines is 1. The lowest BCUT2D eigenvalue weighted by atomic mass is 9.62. The van der Waals surface area contributed by atoms with Gasteiger partial charge in [-0.3, -0.25) is 14.4 Å². The number of carbonyl (C=O) groups is 3. The SMILES string of the molecule is CC(=O)N1CCN(C(=O)C2NC(CC(C)(C)C)C3(C(=O)Nc4cc(Cl)c(F)cc43)C2c2cccc(Cl)c2)CC1. The Morgan fingerprint density at radius 2 is 1.74 bits per heavy atom. The highest BCUT2D eigenvalue weighted by molar-refractivity contribution is 6.31. The van der Waals surface area contributed by atoms with Crippen molar-refractivity contribution in [1.82, 2.24) is 15.1 Å². The first-order chi connectivity index (χ1) is 18.3. The first kappa shape index (κ1) is 27.9. The highest BCUT2D eigenvalue weighted by atomic mass is 35.5. The number of piperazine rings is 1. The van der Waals surface area contributed by atoms with E-state index in [-0.39, 0.29) is 28.2 Å². The molecule has 0 bridgehead atoms. The van der Waals surface area contributed by atoms with Crippen LogP contribution in [0.4, 0.5) is 10.1 Å². The molecular weight excluding hydrogens is 542 g/mol. The Bertz CT molecular complexity index is 1340. The van der Waals surface area contributed by atoms with Gasteiger partial charge < -0.3 is 20.4 Å². The van der Waals surface area contributed by atoms with Crippen molar-refractivity contribution in [2.75, 3.05) is 31.5 Å². The van der Waals surface area contributed by atoms with Crippen LogP contribution in [0.1, 0.15) is 51.2 Å². The van der Waals surface area contributed by atoms with Crippen molar-refractivity contribution in [3.05, 3.63) is 63.4 Å². The summed E-state index contributed by atoms with van der Waals surface area (Å²) in [7, 11) is 0. The van der Waals surface area contributed by atoms with Crippen LogP contribution in [-0.2, 0) is 19.8 Å². The van der Waals surface area contributed by atoms with Gasteiger partial charge in [0.25, 0.3) is 0 Å².